The van der Waals surface area contributed by atoms with E-state index in [1.54, 1.807) is 6.07 Å². The van der Waals surface area contributed by atoms with Gasteiger partial charge in [0.1, 0.15) is 0 Å². The van der Waals surface area contributed by atoms with Crippen LogP contribution < -0.4 is 0 Å². The standard InChI is InChI=1S/C12H9NO/c13-7-9-3-1-6-12-10(8-14)4-2-5-11(9)12/h1-6,14H,8H2. The Kier molecular flexibility index (Phi) is 2.18. The van der Waals surface area contributed by atoms with E-state index in [0.717, 1.165) is 16.3 Å². The number of fused-ring (bicyclic) bond motifs is 1. The molecule has 0 atom stereocenters. The highest BCUT2D eigenvalue weighted by Gasteiger charge is 2.02. The molecule has 0 aliphatic carbocycles. The Morgan fingerprint density at radius 3 is 2.50 bits per heavy atom. The van der Waals surface area contributed by atoms with Crippen LogP contribution in [0.25, 0.3) is 10.8 Å². The molecular formula is C12H9NO. The maximum atomic E-state index is 9.12. The molecule has 0 unspecified atom stereocenters. The van der Waals surface area contributed by atoms with Crippen LogP contribution in [0.2, 0.25) is 0 Å². The van der Waals surface area contributed by atoms with E-state index < -0.39 is 0 Å². The Balaban J connectivity index is 2.86. The van der Waals surface area contributed by atoms with Gasteiger partial charge in [-0.15, -0.1) is 0 Å². The molecule has 0 spiro atoms. The smallest absolute Gasteiger partial charge is 0.0998 e. The van der Waals surface area contributed by atoms with Gasteiger partial charge in [0, 0.05) is 0 Å². The van der Waals surface area contributed by atoms with E-state index in [0.29, 0.717) is 5.56 Å². The van der Waals surface area contributed by atoms with Gasteiger partial charge < -0.3 is 5.11 Å². The number of rotatable bonds is 1. The molecule has 2 aromatic carbocycles. The summed E-state index contributed by atoms with van der Waals surface area (Å²) in [5, 5.41) is 19.9. The summed E-state index contributed by atoms with van der Waals surface area (Å²) in [6.07, 6.45) is 0. The summed E-state index contributed by atoms with van der Waals surface area (Å²) in [6.45, 7) is 0.00617. The topological polar surface area (TPSA) is 44.0 Å². The van der Waals surface area contributed by atoms with Crippen molar-refractivity contribution in [2.45, 2.75) is 6.61 Å². The molecule has 0 bridgehead atoms. The molecule has 0 aliphatic rings. The molecule has 2 heteroatoms. The highest BCUT2D eigenvalue weighted by atomic mass is 16.3. The predicted octanol–water partition coefficient (Wildman–Crippen LogP) is 2.20. The number of benzene rings is 2. The molecule has 0 radical (unpaired) electrons. The van der Waals surface area contributed by atoms with Crippen molar-refractivity contribution >= 4 is 10.8 Å². The first-order valence-electron chi connectivity index (χ1n) is 4.38. The average molecular weight is 183 g/mol. The van der Waals surface area contributed by atoms with Gasteiger partial charge in [-0.05, 0) is 22.4 Å². The summed E-state index contributed by atoms with van der Waals surface area (Å²) in [5.41, 5.74) is 1.51. The van der Waals surface area contributed by atoms with E-state index in [1.807, 2.05) is 30.3 Å². The Labute approximate surface area is 82.0 Å². The van der Waals surface area contributed by atoms with Gasteiger partial charge in [-0.25, -0.2) is 0 Å². The van der Waals surface area contributed by atoms with Crippen molar-refractivity contribution in [3.63, 3.8) is 0 Å². The zero-order chi connectivity index (χ0) is 9.97. The molecule has 0 saturated carbocycles. The first-order valence-corrected chi connectivity index (χ1v) is 4.38. The summed E-state index contributed by atoms with van der Waals surface area (Å²) in [6, 6.07) is 13.3. The number of aliphatic hydroxyl groups excluding tert-OH is 1. The van der Waals surface area contributed by atoms with E-state index >= 15 is 0 Å². The third kappa shape index (κ3) is 1.24. The first-order chi connectivity index (χ1) is 6.86. The van der Waals surface area contributed by atoms with Crippen molar-refractivity contribution < 1.29 is 5.11 Å². The largest absolute Gasteiger partial charge is 0.392 e. The average Bonchev–Trinajstić information content (AvgIpc) is 2.27. The molecule has 1 N–H and O–H groups in total. The molecule has 0 saturated heterocycles. The lowest BCUT2D eigenvalue weighted by molar-refractivity contribution is 0.283. The van der Waals surface area contributed by atoms with Gasteiger partial charge >= 0.3 is 0 Å². The third-order valence-corrected chi connectivity index (χ3v) is 2.30. The number of nitrogens with zero attached hydrogens (tertiary/aromatic N) is 1. The van der Waals surface area contributed by atoms with Crippen LogP contribution in [0.5, 0.6) is 0 Å². The van der Waals surface area contributed by atoms with Crippen molar-refractivity contribution in [3.8, 4) is 6.07 Å². The van der Waals surface area contributed by atoms with Gasteiger partial charge in [-0.1, -0.05) is 30.3 Å². The zero-order valence-corrected chi connectivity index (χ0v) is 7.57. The number of nitriles is 1. The van der Waals surface area contributed by atoms with Crippen LogP contribution in [0.1, 0.15) is 11.1 Å². The highest BCUT2D eigenvalue weighted by molar-refractivity contribution is 5.90. The fourth-order valence-electron chi connectivity index (χ4n) is 1.61. The predicted molar refractivity (Wildman–Crippen MR) is 54.6 cm³/mol. The summed E-state index contributed by atoms with van der Waals surface area (Å²) in [7, 11) is 0. The van der Waals surface area contributed by atoms with Crippen molar-refractivity contribution in [1.29, 1.82) is 5.26 Å². The quantitative estimate of drug-likeness (QED) is 0.736. The minimum Gasteiger partial charge on any atom is -0.392 e. The molecule has 68 valence electrons. The Hall–Kier alpha value is -1.85. The van der Waals surface area contributed by atoms with Crippen LogP contribution in [0.4, 0.5) is 0 Å². The molecule has 0 amide bonds. The van der Waals surface area contributed by atoms with Crippen LogP contribution in [0, 0.1) is 11.3 Å². The Bertz CT molecular complexity index is 511. The summed E-state index contributed by atoms with van der Waals surface area (Å²) < 4.78 is 0. The second-order valence-corrected chi connectivity index (χ2v) is 3.09. The zero-order valence-electron chi connectivity index (χ0n) is 7.57. The van der Waals surface area contributed by atoms with E-state index in [1.165, 1.54) is 0 Å². The van der Waals surface area contributed by atoms with Crippen LogP contribution in [-0.4, -0.2) is 5.11 Å². The van der Waals surface area contributed by atoms with Crippen LogP contribution >= 0.6 is 0 Å². The third-order valence-electron chi connectivity index (χ3n) is 2.30. The molecule has 2 aromatic rings. The van der Waals surface area contributed by atoms with Gasteiger partial charge in [0.2, 0.25) is 0 Å². The second-order valence-electron chi connectivity index (χ2n) is 3.09. The summed E-state index contributed by atoms with van der Waals surface area (Å²) in [5.74, 6) is 0. The van der Waals surface area contributed by atoms with Gasteiger partial charge in [0.15, 0.2) is 0 Å². The van der Waals surface area contributed by atoms with Crippen molar-refractivity contribution in [2.75, 3.05) is 0 Å². The first kappa shape index (κ1) is 8.74. The lowest BCUT2D eigenvalue weighted by Gasteiger charge is -2.04. The SMILES string of the molecule is N#Cc1cccc2c(CO)cccc12. The van der Waals surface area contributed by atoms with Crippen molar-refractivity contribution in [1.82, 2.24) is 0 Å². The number of hydrogen-bond donors (Lipinski definition) is 1. The fraction of sp³-hybridized carbons (Fsp3) is 0.0833. The van der Waals surface area contributed by atoms with Crippen molar-refractivity contribution in [2.24, 2.45) is 0 Å². The molecule has 2 nitrogen and oxygen atoms in total. The molecule has 0 heterocycles. The maximum absolute atomic E-state index is 9.12. The molecule has 0 aromatic heterocycles. The second kappa shape index (κ2) is 3.49. The molecular weight excluding hydrogens is 174 g/mol. The summed E-state index contributed by atoms with van der Waals surface area (Å²) in [4.78, 5) is 0. The van der Waals surface area contributed by atoms with Crippen LogP contribution in [-0.2, 0) is 6.61 Å². The minimum atomic E-state index is 0.00617. The fourth-order valence-corrected chi connectivity index (χ4v) is 1.61. The lowest BCUT2D eigenvalue weighted by atomic mass is 10.0. The number of hydrogen-bond acceptors (Lipinski definition) is 2. The summed E-state index contributed by atoms with van der Waals surface area (Å²) >= 11 is 0. The van der Waals surface area contributed by atoms with Gasteiger partial charge in [-0.3, -0.25) is 0 Å². The van der Waals surface area contributed by atoms with E-state index in [4.69, 9.17) is 10.4 Å². The van der Waals surface area contributed by atoms with Crippen molar-refractivity contribution in [3.05, 3.63) is 47.5 Å². The molecule has 2 rings (SSSR count). The van der Waals surface area contributed by atoms with E-state index in [2.05, 4.69) is 6.07 Å². The maximum Gasteiger partial charge on any atom is 0.0998 e. The van der Waals surface area contributed by atoms with Crippen LogP contribution in [0.3, 0.4) is 0 Å². The molecule has 0 fully saturated rings. The molecule has 0 aliphatic heterocycles. The van der Waals surface area contributed by atoms with Gasteiger partial charge in [0.05, 0.1) is 18.2 Å². The highest BCUT2D eigenvalue weighted by Crippen LogP contribution is 2.21. The van der Waals surface area contributed by atoms with Gasteiger partial charge in [0.25, 0.3) is 0 Å². The molecule has 14 heavy (non-hydrogen) atoms. The Morgan fingerprint density at radius 2 is 1.79 bits per heavy atom. The lowest BCUT2D eigenvalue weighted by Crippen LogP contribution is -1.87. The minimum absolute atomic E-state index is 0.00617. The van der Waals surface area contributed by atoms with E-state index in [9.17, 15) is 0 Å². The monoisotopic (exact) mass is 183 g/mol. The number of aliphatic hydroxyl groups is 1. The Morgan fingerprint density at radius 1 is 1.07 bits per heavy atom. The van der Waals surface area contributed by atoms with E-state index in [-0.39, 0.29) is 6.61 Å². The normalized spacial score (nSPS) is 10.0. The van der Waals surface area contributed by atoms with Gasteiger partial charge in [-0.2, -0.15) is 5.26 Å². The van der Waals surface area contributed by atoms with Crippen LogP contribution in [0.15, 0.2) is 36.4 Å².